The van der Waals surface area contributed by atoms with Crippen LogP contribution in [0.4, 0.5) is 0 Å². The van der Waals surface area contributed by atoms with Gasteiger partial charge < -0.3 is 10.6 Å². The first-order chi connectivity index (χ1) is 7.01. The van der Waals surface area contributed by atoms with Crippen molar-refractivity contribution >= 4 is 17.2 Å². The summed E-state index contributed by atoms with van der Waals surface area (Å²) in [5.74, 6) is 0. The Hall–Kier alpha value is -0.190. The molecule has 0 aromatic carbocycles. The van der Waals surface area contributed by atoms with E-state index in [0.717, 1.165) is 32.7 Å². The van der Waals surface area contributed by atoms with E-state index < -0.39 is 0 Å². The van der Waals surface area contributed by atoms with Crippen molar-refractivity contribution in [1.29, 1.82) is 0 Å². The normalized spacial score (nSPS) is 11.7. The Labute approximate surface area is 99.6 Å². The average Bonchev–Trinajstić information content (AvgIpc) is 2.16. The molecule has 0 aliphatic heterocycles. The Morgan fingerprint density at radius 2 is 1.73 bits per heavy atom. The molecule has 0 spiro atoms. The summed E-state index contributed by atoms with van der Waals surface area (Å²) in [6.07, 6.45) is 0. The molecule has 0 heterocycles. The number of nitrogens with zero attached hydrogens (tertiary/aromatic N) is 2. The second-order valence-corrected chi connectivity index (χ2v) is 4.58. The van der Waals surface area contributed by atoms with Crippen LogP contribution in [0.5, 0.6) is 0 Å². The van der Waals surface area contributed by atoms with Gasteiger partial charge in [-0.05, 0) is 26.9 Å². The van der Waals surface area contributed by atoms with E-state index in [2.05, 4.69) is 37.5 Å². The first kappa shape index (κ1) is 14.8. The third-order valence-electron chi connectivity index (χ3n) is 2.69. The molecule has 0 bridgehead atoms. The van der Waals surface area contributed by atoms with Crippen LogP contribution in [0.15, 0.2) is 0 Å². The Morgan fingerprint density at radius 3 is 2.07 bits per heavy atom. The maximum absolute atomic E-state index is 5.58. The summed E-state index contributed by atoms with van der Waals surface area (Å²) in [5, 5.41) is 0. The van der Waals surface area contributed by atoms with E-state index in [-0.39, 0.29) is 0 Å². The van der Waals surface area contributed by atoms with Gasteiger partial charge in [0.2, 0.25) is 0 Å². The quantitative estimate of drug-likeness (QED) is 0.639. The molecule has 0 fully saturated rings. The second-order valence-electron chi connectivity index (χ2n) is 4.06. The summed E-state index contributed by atoms with van der Waals surface area (Å²) in [7, 11) is 0. The largest absolute Gasteiger partial charge is 0.392 e. The molecule has 2 N–H and O–H groups in total. The van der Waals surface area contributed by atoms with Crippen molar-refractivity contribution in [2.45, 2.75) is 33.7 Å². The Morgan fingerprint density at radius 1 is 1.20 bits per heavy atom. The monoisotopic (exact) mass is 231 g/mol. The first-order valence-electron chi connectivity index (χ1n) is 5.75. The second kappa shape index (κ2) is 8.02. The highest BCUT2D eigenvalue weighted by atomic mass is 32.1. The van der Waals surface area contributed by atoms with Crippen LogP contribution in [0.3, 0.4) is 0 Å². The Kier molecular flexibility index (Phi) is 7.92. The van der Waals surface area contributed by atoms with Gasteiger partial charge in [-0.25, -0.2) is 0 Å². The molecule has 0 unspecified atom stereocenters. The van der Waals surface area contributed by atoms with E-state index in [1.165, 1.54) is 0 Å². The summed E-state index contributed by atoms with van der Waals surface area (Å²) in [4.78, 5) is 5.32. The fourth-order valence-corrected chi connectivity index (χ4v) is 1.70. The maximum Gasteiger partial charge on any atom is 0.0870 e. The van der Waals surface area contributed by atoms with Crippen molar-refractivity contribution in [3.8, 4) is 0 Å². The zero-order valence-electron chi connectivity index (χ0n) is 10.5. The summed E-state index contributed by atoms with van der Waals surface area (Å²) in [5.41, 5.74) is 5.58. The predicted octanol–water partition coefficient (Wildman–Crippen LogP) is 1.32. The fraction of sp³-hybridized carbons (Fsp3) is 0.909. The van der Waals surface area contributed by atoms with E-state index in [1.807, 2.05) is 0 Å². The van der Waals surface area contributed by atoms with Gasteiger partial charge >= 0.3 is 0 Å². The number of hydrogen-bond acceptors (Lipinski definition) is 3. The molecule has 0 aliphatic carbocycles. The summed E-state index contributed by atoms with van der Waals surface area (Å²) in [6.45, 7) is 13.8. The number of rotatable bonds is 8. The fourth-order valence-electron chi connectivity index (χ4n) is 1.53. The summed E-state index contributed by atoms with van der Waals surface area (Å²) in [6, 6.07) is 0.502. The molecule has 0 aromatic heterocycles. The lowest BCUT2D eigenvalue weighted by Gasteiger charge is -2.28. The topological polar surface area (TPSA) is 32.5 Å². The molecule has 0 aromatic rings. The third-order valence-corrected chi connectivity index (χ3v) is 2.82. The van der Waals surface area contributed by atoms with Gasteiger partial charge in [-0.2, -0.15) is 0 Å². The number of thiocarbonyl (C=S) groups is 1. The van der Waals surface area contributed by atoms with Crippen molar-refractivity contribution in [3.05, 3.63) is 0 Å². The maximum atomic E-state index is 5.58. The number of hydrogen-bond donors (Lipinski definition) is 1. The first-order valence-corrected chi connectivity index (χ1v) is 6.16. The smallest absolute Gasteiger partial charge is 0.0870 e. The van der Waals surface area contributed by atoms with Crippen molar-refractivity contribution in [2.24, 2.45) is 5.73 Å². The molecule has 0 saturated heterocycles. The van der Waals surface area contributed by atoms with Crippen LogP contribution in [-0.4, -0.2) is 53.6 Å². The number of likely N-dealkylation sites (N-methyl/N-ethyl adjacent to an activating group) is 1. The van der Waals surface area contributed by atoms with Crippen molar-refractivity contribution in [1.82, 2.24) is 9.80 Å². The van der Waals surface area contributed by atoms with E-state index in [0.29, 0.717) is 11.0 Å². The van der Waals surface area contributed by atoms with Crippen LogP contribution in [-0.2, 0) is 0 Å². The predicted molar refractivity (Wildman–Crippen MR) is 71.3 cm³/mol. The van der Waals surface area contributed by atoms with Crippen molar-refractivity contribution in [3.63, 3.8) is 0 Å². The van der Waals surface area contributed by atoms with Crippen LogP contribution >= 0.6 is 12.2 Å². The molecule has 0 atom stereocenters. The van der Waals surface area contributed by atoms with Gasteiger partial charge in [0.1, 0.15) is 0 Å². The van der Waals surface area contributed by atoms with Crippen LogP contribution < -0.4 is 5.73 Å². The molecule has 15 heavy (non-hydrogen) atoms. The number of nitrogens with two attached hydrogens (primary N) is 1. The lowest BCUT2D eigenvalue weighted by atomic mass is 10.3. The van der Waals surface area contributed by atoms with Gasteiger partial charge in [0, 0.05) is 25.7 Å². The molecule has 0 radical (unpaired) electrons. The molecule has 0 aliphatic rings. The Bertz CT molecular complexity index is 179. The van der Waals surface area contributed by atoms with Gasteiger partial charge in [0.15, 0.2) is 0 Å². The average molecular weight is 231 g/mol. The lowest BCUT2D eigenvalue weighted by molar-refractivity contribution is 0.202. The lowest BCUT2D eigenvalue weighted by Crippen LogP contribution is -2.42. The van der Waals surface area contributed by atoms with Gasteiger partial charge in [-0.3, -0.25) is 4.90 Å². The molecule has 0 amide bonds. The SMILES string of the molecule is CCN(CC)CCN(CC(N)=S)C(C)C. The van der Waals surface area contributed by atoms with E-state index in [1.54, 1.807) is 0 Å². The van der Waals surface area contributed by atoms with Crippen LogP contribution in [0, 0.1) is 0 Å². The van der Waals surface area contributed by atoms with Crippen LogP contribution in [0.25, 0.3) is 0 Å². The van der Waals surface area contributed by atoms with Crippen molar-refractivity contribution < 1.29 is 0 Å². The molecule has 3 nitrogen and oxygen atoms in total. The minimum atomic E-state index is 0.502. The van der Waals surface area contributed by atoms with Gasteiger partial charge in [0.25, 0.3) is 0 Å². The highest BCUT2D eigenvalue weighted by Crippen LogP contribution is 1.99. The molecule has 0 saturated carbocycles. The van der Waals surface area contributed by atoms with E-state index in [4.69, 9.17) is 18.0 Å². The summed E-state index contributed by atoms with van der Waals surface area (Å²) < 4.78 is 0. The highest BCUT2D eigenvalue weighted by Gasteiger charge is 2.11. The Balaban J connectivity index is 4.00. The third kappa shape index (κ3) is 6.82. The van der Waals surface area contributed by atoms with Crippen molar-refractivity contribution in [2.75, 3.05) is 32.7 Å². The zero-order valence-corrected chi connectivity index (χ0v) is 11.3. The molecule has 4 heteroatoms. The van der Waals surface area contributed by atoms with Gasteiger partial charge in [0.05, 0.1) is 4.99 Å². The van der Waals surface area contributed by atoms with Crippen LogP contribution in [0.1, 0.15) is 27.7 Å². The molecular weight excluding hydrogens is 206 g/mol. The van der Waals surface area contributed by atoms with E-state index >= 15 is 0 Å². The standard InChI is InChI=1S/C11H25N3S/c1-5-13(6-2)7-8-14(10(3)4)9-11(12)15/h10H,5-9H2,1-4H3,(H2,12,15). The highest BCUT2D eigenvalue weighted by molar-refractivity contribution is 7.80. The molecule has 0 rings (SSSR count). The minimum absolute atomic E-state index is 0.502. The zero-order chi connectivity index (χ0) is 11.8. The van der Waals surface area contributed by atoms with Crippen LogP contribution in [0.2, 0.25) is 0 Å². The molecule has 90 valence electrons. The van der Waals surface area contributed by atoms with E-state index in [9.17, 15) is 0 Å². The molecular formula is C11H25N3S. The van der Waals surface area contributed by atoms with Gasteiger partial charge in [-0.1, -0.05) is 26.1 Å². The van der Waals surface area contributed by atoms with Gasteiger partial charge in [-0.15, -0.1) is 0 Å². The summed E-state index contributed by atoms with van der Waals surface area (Å²) >= 11 is 4.95. The minimum Gasteiger partial charge on any atom is -0.392 e.